The van der Waals surface area contributed by atoms with Crippen molar-refractivity contribution in [2.24, 2.45) is 5.92 Å². The standard InChI is InChI=1S/C12H17N3O3/c1-7-4-14-6-10(7)18-9-3-8(12(16)17-2)5-15-11(9)13/h3,5,7,10,14H,4,6H2,1-2H3,(H2,13,15)/t7-,10-/m0/s1. The van der Waals surface area contributed by atoms with Gasteiger partial charge < -0.3 is 20.5 Å². The lowest BCUT2D eigenvalue weighted by Crippen LogP contribution is -2.25. The molecule has 0 saturated carbocycles. The molecule has 0 bridgehead atoms. The molecule has 2 atom stereocenters. The molecule has 6 heteroatoms. The third-order valence-electron chi connectivity index (χ3n) is 3.03. The zero-order chi connectivity index (χ0) is 13.1. The number of ether oxygens (including phenoxy) is 2. The van der Waals surface area contributed by atoms with Crippen LogP contribution in [-0.2, 0) is 4.74 Å². The molecule has 1 saturated heterocycles. The van der Waals surface area contributed by atoms with Gasteiger partial charge in [0.15, 0.2) is 11.6 Å². The van der Waals surface area contributed by atoms with E-state index in [0.29, 0.717) is 17.2 Å². The van der Waals surface area contributed by atoms with Crippen molar-refractivity contribution < 1.29 is 14.3 Å². The summed E-state index contributed by atoms with van der Waals surface area (Å²) in [5.74, 6) is 0.649. The third kappa shape index (κ3) is 2.53. The van der Waals surface area contributed by atoms with E-state index in [-0.39, 0.29) is 11.9 Å². The van der Waals surface area contributed by atoms with Gasteiger partial charge in [0.2, 0.25) is 0 Å². The highest BCUT2D eigenvalue weighted by Gasteiger charge is 2.25. The molecule has 2 rings (SSSR count). The van der Waals surface area contributed by atoms with Crippen LogP contribution in [0.15, 0.2) is 12.3 Å². The number of methoxy groups -OCH3 is 1. The maximum absolute atomic E-state index is 11.4. The monoisotopic (exact) mass is 251 g/mol. The highest BCUT2D eigenvalue weighted by atomic mass is 16.5. The SMILES string of the molecule is COC(=O)c1cnc(N)c(O[C@H]2CNC[C@@H]2C)c1. The fourth-order valence-electron chi connectivity index (χ4n) is 1.89. The van der Waals surface area contributed by atoms with E-state index in [9.17, 15) is 4.79 Å². The van der Waals surface area contributed by atoms with E-state index in [1.165, 1.54) is 13.3 Å². The summed E-state index contributed by atoms with van der Waals surface area (Å²) in [6.45, 7) is 3.77. The van der Waals surface area contributed by atoms with Gasteiger partial charge in [-0.15, -0.1) is 0 Å². The van der Waals surface area contributed by atoms with Gasteiger partial charge in [-0.1, -0.05) is 6.92 Å². The van der Waals surface area contributed by atoms with E-state index in [1.807, 2.05) is 0 Å². The zero-order valence-electron chi connectivity index (χ0n) is 10.5. The van der Waals surface area contributed by atoms with Gasteiger partial charge in [0, 0.05) is 31.3 Å². The topological polar surface area (TPSA) is 86.5 Å². The number of nitrogens with zero attached hydrogens (tertiary/aromatic N) is 1. The molecular formula is C12H17N3O3. The zero-order valence-corrected chi connectivity index (χ0v) is 10.5. The van der Waals surface area contributed by atoms with Crippen LogP contribution in [-0.4, -0.2) is 37.3 Å². The van der Waals surface area contributed by atoms with Crippen LogP contribution in [0.5, 0.6) is 5.75 Å². The van der Waals surface area contributed by atoms with Crippen molar-refractivity contribution in [1.29, 1.82) is 0 Å². The first-order valence-electron chi connectivity index (χ1n) is 5.83. The minimum atomic E-state index is -0.454. The third-order valence-corrected chi connectivity index (χ3v) is 3.03. The van der Waals surface area contributed by atoms with E-state index >= 15 is 0 Å². The predicted octanol–water partition coefficient (Wildman–Crippen LogP) is 0.437. The summed E-state index contributed by atoms with van der Waals surface area (Å²) in [4.78, 5) is 15.4. The minimum Gasteiger partial charge on any atom is -0.485 e. The van der Waals surface area contributed by atoms with Gasteiger partial charge in [-0.2, -0.15) is 0 Å². The first-order chi connectivity index (χ1) is 8.61. The fraction of sp³-hybridized carbons (Fsp3) is 0.500. The number of hydrogen-bond donors (Lipinski definition) is 2. The molecule has 1 fully saturated rings. The van der Waals surface area contributed by atoms with Gasteiger partial charge in [0.1, 0.15) is 6.10 Å². The van der Waals surface area contributed by atoms with Crippen molar-refractivity contribution in [2.45, 2.75) is 13.0 Å². The molecular weight excluding hydrogens is 234 g/mol. The van der Waals surface area contributed by atoms with Crippen molar-refractivity contribution in [2.75, 3.05) is 25.9 Å². The predicted molar refractivity (Wildman–Crippen MR) is 66.4 cm³/mol. The number of nitrogens with two attached hydrogens (primary N) is 1. The summed E-state index contributed by atoms with van der Waals surface area (Å²) in [5.41, 5.74) is 6.08. The normalized spacial score (nSPS) is 22.8. The van der Waals surface area contributed by atoms with Crippen LogP contribution in [0.1, 0.15) is 17.3 Å². The van der Waals surface area contributed by atoms with Crippen LogP contribution in [0.25, 0.3) is 0 Å². The summed E-state index contributed by atoms with van der Waals surface area (Å²) in [6.07, 6.45) is 1.42. The smallest absolute Gasteiger partial charge is 0.339 e. The van der Waals surface area contributed by atoms with Crippen LogP contribution >= 0.6 is 0 Å². The number of hydrogen-bond acceptors (Lipinski definition) is 6. The van der Waals surface area contributed by atoms with Crippen molar-refractivity contribution in [3.63, 3.8) is 0 Å². The molecule has 6 nitrogen and oxygen atoms in total. The van der Waals surface area contributed by atoms with Crippen LogP contribution in [0.2, 0.25) is 0 Å². The number of carbonyl (C=O) groups is 1. The van der Waals surface area contributed by atoms with Crippen molar-refractivity contribution in [3.8, 4) is 5.75 Å². The summed E-state index contributed by atoms with van der Waals surface area (Å²) in [5, 5.41) is 3.23. The van der Waals surface area contributed by atoms with Crippen LogP contribution in [0, 0.1) is 5.92 Å². The van der Waals surface area contributed by atoms with Crippen molar-refractivity contribution >= 4 is 11.8 Å². The van der Waals surface area contributed by atoms with Crippen molar-refractivity contribution in [1.82, 2.24) is 10.3 Å². The average molecular weight is 251 g/mol. The number of aromatic nitrogens is 1. The minimum absolute atomic E-state index is 0.0435. The van der Waals surface area contributed by atoms with Crippen molar-refractivity contribution in [3.05, 3.63) is 17.8 Å². The van der Waals surface area contributed by atoms with Gasteiger partial charge in [0.05, 0.1) is 12.7 Å². The molecule has 1 aromatic heterocycles. The van der Waals surface area contributed by atoms with E-state index < -0.39 is 5.97 Å². The number of anilines is 1. The second-order valence-electron chi connectivity index (χ2n) is 4.39. The van der Waals surface area contributed by atoms with E-state index in [2.05, 4.69) is 22.0 Å². The van der Waals surface area contributed by atoms with Gasteiger partial charge in [0.25, 0.3) is 0 Å². The Morgan fingerprint density at radius 1 is 1.56 bits per heavy atom. The van der Waals surface area contributed by atoms with Gasteiger partial charge in [-0.05, 0) is 0 Å². The summed E-state index contributed by atoms with van der Waals surface area (Å²) in [6, 6.07) is 1.57. The molecule has 0 amide bonds. The fourth-order valence-corrected chi connectivity index (χ4v) is 1.89. The molecule has 0 aromatic carbocycles. The van der Waals surface area contributed by atoms with Gasteiger partial charge >= 0.3 is 5.97 Å². The molecule has 0 aliphatic carbocycles. The molecule has 1 aliphatic rings. The van der Waals surface area contributed by atoms with Gasteiger partial charge in [-0.25, -0.2) is 9.78 Å². The second-order valence-corrected chi connectivity index (χ2v) is 4.39. The number of nitrogen functional groups attached to an aromatic ring is 1. The van der Waals surface area contributed by atoms with Crippen LogP contribution in [0.3, 0.4) is 0 Å². The summed E-state index contributed by atoms with van der Waals surface area (Å²) < 4.78 is 10.4. The lowest BCUT2D eigenvalue weighted by atomic mass is 10.1. The Hall–Kier alpha value is -1.82. The van der Waals surface area contributed by atoms with Gasteiger partial charge in [-0.3, -0.25) is 0 Å². The molecule has 2 heterocycles. The molecule has 0 radical (unpaired) electrons. The summed E-state index contributed by atoms with van der Waals surface area (Å²) in [7, 11) is 1.32. The average Bonchev–Trinajstić information content (AvgIpc) is 2.77. The highest BCUT2D eigenvalue weighted by Crippen LogP contribution is 2.24. The van der Waals surface area contributed by atoms with E-state index in [4.69, 9.17) is 10.5 Å². The molecule has 0 spiro atoms. The lowest BCUT2D eigenvalue weighted by Gasteiger charge is -2.18. The quantitative estimate of drug-likeness (QED) is 0.758. The highest BCUT2D eigenvalue weighted by molar-refractivity contribution is 5.89. The summed E-state index contributed by atoms with van der Waals surface area (Å²) >= 11 is 0. The molecule has 1 aliphatic heterocycles. The first-order valence-corrected chi connectivity index (χ1v) is 5.83. The Balaban J connectivity index is 2.18. The number of nitrogens with one attached hydrogen (secondary N) is 1. The molecule has 3 N–H and O–H groups in total. The Morgan fingerprint density at radius 3 is 2.94 bits per heavy atom. The second kappa shape index (κ2) is 5.22. The largest absolute Gasteiger partial charge is 0.485 e. The molecule has 1 aromatic rings. The number of rotatable bonds is 3. The Morgan fingerprint density at radius 2 is 2.33 bits per heavy atom. The Bertz CT molecular complexity index is 450. The molecule has 98 valence electrons. The molecule has 0 unspecified atom stereocenters. The van der Waals surface area contributed by atoms with Crippen LogP contribution in [0.4, 0.5) is 5.82 Å². The first kappa shape index (κ1) is 12.6. The Labute approximate surface area is 105 Å². The van der Waals surface area contributed by atoms with E-state index in [0.717, 1.165) is 13.1 Å². The number of carbonyl (C=O) groups excluding carboxylic acids is 1. The molecule has 18 heavy (non-hydrogen) atoms. The number of esters is 1. The lowest BCUT2D eigenvalue weighted by molar-refractivity contribution is 0.0599. The maximum Gasteiger partial charge on any atom is 0.339 e. The van der Waals surface area contributed by atoms with E-state index in [1.54, 1.807) is 6.07 Å². The Kier molecular flexibility index (Phi) is 3.66. The van der Waals surface area contributed by atoms with Crippen LogP contribution < -0.4 is 15.8 Å². The number of pyridine rings is 1. The maximum atomic E-state index is 11.4.